The maximum absolute atomic E-state index is 4.45. The standard InChI is InChI=1S/C15H21N/c1-6-7-12(4)15-9-8-14(10-16-15)13(5)11(2)3/h6-11,13H,4H2,1-3,5H3/b7-6-. The highest BCUT2D eigenvalue weighted by molar-refractivity contribution is 5.69. The number of allylic oxidation sites excluding steroid dienone is 3. The Kier molecular flexibility index (Phi) is 4.48. The van der Waals surface area contributed by atoms with Crippen molar-refractivity contribution in [2.24, 2.45) is 5.92 Å². The fourth-order valence-electron chi connectivity index (χ4n) is 1.54. The van der Waals surface area contributed by atoms with E-state index in [0.29, 0.717) is 11.8 Å². The fourth-order valence-corrected chi connectivity index (χ4v) is 1.54. The van der Waals surface area contributed by atoms with Crippen molar-refractivity contribution in [1.82, 2.24) is 4.98 Å². The van der Waals surface area contributed by atoms with Crippen LogP contribution >= 0.6 is 0 Å². The van der Waals surface area contributed by atoms with E-state index < -0.39 is 0 Å². The summed E-state index contributed by atoms with van der Waals surface area (Å²) in [5.74, 6) is 1.20. The average molecular weight is 215 g/mol. The molecule has 0 aromatic carbocycles. The molecule has 0 aliphatic heterocycles. The second-order valence-electron chi connectivity index (χ2n) is 4.53. The molecule has 0 amide bonds. The normalized spacial score (nSPS) is 13.3. The molecule has 1 heteroatoms. The maximum Gasteiger partial charge on any atom is 0.0696 e. The SMILES string of the molecule is C=C(/C=C\C)c1ccc(C(C)C(C)C)cn1. The van der Waals surface area contributed by atoms with Gasteiger partial charge in [0.1, 0.15) is 0 Å². The van der Waals surface area contributed by atoms with Crippen molar-refractivity contribution in [2.75, 3.05) is 0 Å². The lowest BCUT2D eigenvalue weighted by atomic mass is 9.91. The van der Waals surface area contributed by atoms with Crippen molar-refractivity contribution in [1.29, 1.82) is 0 Å². The molecule has 0 spiro atoms. The summed E-state index contributed by atoms with van der Waals surface area (Å²) in [5, 5.41) is 0. The maximum atomic E-state index is 4.45. The average Bonchev–Trinajstić information content (AvgIpc) is 2.28. The third-order valence-corrected chi connectivity index (χ3v) is 3.01. The van der Waals surface area contributed by atoms with E-state index in [1.54, 1.807) is 0 Å². The molecular weight excluding hydrogens is 194 g/mol. The van der Waals surface area contributed by atoms with Crippen LogP contribution in [0.3, 0.4) is 0 Å². The van der Waals surface area contributed by atoms with E-state index in [1.807, 2.05) is 25.3 Å². The third kappa shape index (κ3) is 3.06. The van der Waals surface area contributed by atoms with Gasteiger partial charge in [-0.25, -0.2) is 0 Å². The number of hydrogen-bond acceptors (Lipinski definition) is 1. The molecular formula is C15H21N. The summed E-state index contributed by atoms with van der Waals surface area (Å²) in [6.45, 7) is 12.7. The Morgan fingerprint density at radius 1 is 1.31 bits per heavy atom. The Labute approximate surface area is 98.9 Å². The second-order valence-corrected chi connectivity index (χ2v) is 4.53. The molecule has 0 saturated carbocycles. The van der Waals surface area contributed by atoms with E-state index in [9.17, 15) is 0 Å². The van der Waals surface area contributed by atoms with E-state index in [1.165, 1.54) is 5.56 Å². The highest BCUT2D eigenvalue weighted by Crippen LogP contribution is 2.23. The zero-order valence-electron chi connectivity index (χ0n) is 10.7. The first-order valence-electron chi connectivity index (χ1n) is 5.84. The topological polar surface area (TPSA) is 12.9 Å². The van der Waals surface area contributed by atoms with Crippen LogP contribution in [-0.4, -0.2) is 4.98 Å². The van der Waals surface area contributed by atoms with E-state index >= 15 is 0 Å². The number of hydrogen-bond donors (Lipinski definition) is 0. The minimum absolute atomic E-state index is 0.552. The van der Waals surface area contributed by atoms with Crippen LogP contribution in [0.5, 0.6) is 0 Å². The van der Waals surface area contributed by atoms with Crippen LogP contribution < -0.4 is 0 Å². The minimum Gasteiger partial charge on any atom is -0.256 e. The summed E-state index contributed by atoms with van der Waals surface area (Å²) < 4.78 is 0. The van der Waals surface area contributed by atoms with Crippen molar-refractivity contribution in [3.8, 4) is 0 Å². The highest BCUT2D eigenvalue weighted by Gasteiger charge is 2.10. The van der Waals surface area contributed by atoms with Crippen molar-refractivity contribution in [3.05, 3.63) is 48.3 Å². The van der Waals surface area contributed by atoms with Crippen LogP contribution in [0.2, 0.25) is 0 Å². The molecule has 0 saturated heterocycles. The molecule has 0 radical (unpaired) electrons. The van der Waals surface area contributed by atoms with E-state index in [2.05, 4.69) is 44.5 Å². The van der Waals surface area contributed by atoms with Gasteiger partial charge in [0.15, 0.2) is 0 Å². The highest BCUT2D eigenvalue weighted by atomic mass is 14.7. The van der Waals surface area contributed by atoms with Gasteiger partial charge in [0.2, 0.25) is 0 Å². The molecule has 0 aliphatic rings. The van der Waals surface area contributed by atoms with Crippen LogP contribution in [0.15, 0.2) is 37.1 Å². The van der Waals surface area contributed by atoms with Gasteiger partial charge in [-0.1, -0.05) is 45.6 Å². The van der Waals surface area contributed by atoms with Crippen LogP contribution in [0.25, 0.3) is 5.57 Å². The van der Waals surface area contributed by atoms with Gasteiger partial charge in [-0.15, -0.1) is 0 Å². The monoisotopic (exact) mass is 215 g/mol. The van der Waals surface area contributed by atoms with E-state index in [-0.39, 0.29) is 0 Å². The van der Waals surface area contributed by atoms with Gasteiger partial charge >= 0.3 is 0 Å². The Balaban J connectivity index is 2.87. The minimum atomic E-state index is 0.552. The molecule has 1 heterocycles. The number of nitrogens with zero attached hydrogens (tertiary/aromatic N) is 1. The zero-order chi connectivity index (χ0) is 12.1. The Bertz CT molecular complexity index is 371. The molecule has 1 aromatic rings. The molecule has 0 aliphatic carbocycles. The molecule has 0 N–H and O–H groups in total. The van der Waals surface area contributed by atoms with Gasteiger partial charge in [0.25, 0.3) is 0 Å². The van der Waals surface area contributed by atoms with Gasteiger partial charge in [-0.05, 0) is 36.0 Å². The van der Waals surface area contributed by atoms with Crippen molar-refractivity contribution in [2.45, 2.75) is 33.6 Å². The largest absolute Gasteiger partial charge is 0.256 e. The lowest BCUT2D eigenvalue weighted by Crippen LogP contribution is -2.02. The molecule has 1 rings (SSSR count). The van der Waals surface area contributed by atoms with E-state index in [0.717, 1.165) is 11.3 Å². The molecule has 16 heavy (non-hydrogen) atoms. The molecule has 1 atom stereocenters. The first kappa shape index (κ1) is 12.7. The molecule has 1 unspecified atom stereocenters. The first-order valence-corrected chi connectivity index (χ1v) is 5.84. The van der Waals surface area contributed by atoms with Crippen molar-refractivity contribution < 1.29 is 0 Å². The molecule has 86 valence electrons. The molecule has 0 bridgehead atoms. The quantitative estimate of drug-likeness (QED) is 0.677. The van der Waals surface area contributed by atoms with E-state index in [4.69, 9.17) is 0 Å². The van der Waals surface area contributed by atoms with Crippen LogP contribution in [0.4, 0.5) is 0 Å². The lowest BCUT2D eigenvalue weighted by Gasteiger charge is -2.15. The Hall–Kier alpha value is -1.37. The van der Waals surface area contributed by atoms with Crippen molar-refractivity contribution in [3.63, 3.8) is 0 Å². The van der Waals surface area contributed by atoms with Crippen LogP contribution in [-0.2, 0) is 0 Å². The van der Waals surface area contributed by atoms with Gasteiger partial charge in [0, 0.05) is 6.20 Å². The Morgan fingerprint density at radius 2 is 2.00 bits per heavy atom. The van der Waals surface area contributed by atoms with Gasteiger partial charge in [-0.2, -0.15) is 0 Å². The second kappa shape index (κ2) is 5.64. The third-order valence-electron chi connectivity index (χ3n) is 3.01. The summed E-state index contributed by atoms with van der Waals surface area (Å²) >= 11 is 0. The fraction of sp³-hybridized carbons (Fsp3) is 0.400. The predicted octanol–water partition coefficient (Wildman–Crippen LogP) is 4.43. The Morgan fingerprint density at radius 3 is 2.44 bits per heavy atom. The number of rotatable bonds is 4. The van der Waals surface area contributed by atoms with Gasteiger partial charge in [0.05, 0.1) is 5.69 Å². The summed E-state index contributed by atoms with van der Waals surface area (Å²) in [7, 11) is 0. The first-order chi connectivity index (χ1) is 7.56. The number of pyridine rings is 1. The van der Waals surface area contributed by atoms with Crippen LogP contribution in [0.1, 0.15) is 44.9 Å². The smallest absolute Gasteiger partial charge is 0.0696 e. The number of aromatic nitrogens is 1. The molecule has 0 fully saturated rings. The summed E-state index contributed by atoms with van der Waals surface area (Å²) in [5.41, 5.74) is 3.22. The van der Waals surface area contributed by atoms with Gasteiger partial charge in [-0.3, -0.25) is 4.98 Å². The predicted molar refractivity (Wildman–Crippen MR) is 71.3 cm³/mol. The zero-order valence-corrected chi connectivity index (χ0v) is 10.7. The lowest BCUT2D eigenvalue weighted by molar-refractivity contribution is 0.533. The van der Waals surface area contributed by atoms with Crippen LogP contribution in [0, 0.1) is 5.92 Å². The summed E-state index contributed by atoms with van der Waals surface area (Å²) in [4.78, 5) is 4.45. The summed E-state index contributed by atoms with van der Waals surface area (Å²) in [6.07, 6.45) is 5.93. The molecule has 1 aromatic heterocycles. The summed E-state index contributed by atoms with van der Waals surface area (Å²) in [6, 6.07) is 4.21. The molecule has 1 nitrogen and oxygen atoms in total. The van der Waals surface area contributed by atoms with Gasteiger partial charge < -0.3 is 0 Å². The van der Waals surface area contributed by atoms with Crippen molar-refractivity contribution >= 4 is 5.57 Å².